The van der Waals surface area contributed by atoms with Crippen molar-refractivity contribution in [3.05, 3.63) is 12.7 Å². The van der Waals surface area contributed by atoms with Gasteiger partial charge in [-0.3, -0.25) is 0 Å². The first-order valence-corrected chi connectivity index (χ1v) is 6.24. The van der Waals surface area contributed by atoms with Gasteiger partial charge >= 0.3 is 0 Å². The van der Waals surface area contributed by atoms with Gasteiger partial charge in [0.25, 0.3) is 0 Å². The summed E-state index contributed by atoms with van der Waals surface area (Å²) >= 11 is 1.93. The van der Waals surface area contributed by atoms with Gasteiger partial charge in [0.15, 0.2) is 0 Å². The molecule has 0 aromatic carbocycles. The van der Waals surface area contributed by atoms with Gasteiger partial charge in [0.2, 0.25) is 0 Å². The molecule has 0 radical (unpaired) electrons. The third kappa shape index (κ3) is 9.97. The molecule has 0 rings (SSSR count). The predicted molar refractivity (Wildman–Crippen MR) is 64.4 cm³/mol. The van der Waals surface area contributed by atoms with E-state index in [9.17, 15) is 0 Å². The summed E-state index contributed by atoms with van der Waals surface area (Å²) in [5, 5.41) is 3.52. The zero-order valence-corrected chi connectivity index (χ0v) is 9.99. The molecule has 0 fully saturated rings. The number of hydrogen-bond donors (Lipinski definition) is 1. The lowest BCUT2D eigenvalue weighted by Gasteiger charge is -2.15. The van der Waals surface area contributed by atoms with Crippen LogP contribution in [-0.4, -0.2) is 24.1 Å². The maximum atomic E-state index is 3.69. The second kappa shape index (κ2) is 8.64. The molecule has 1 unspecified atom stereocenters. The zero-order chi connectivity index (χ0) is 10.1. The van der Waals surface area contributed by atoms with Crippen LogP contribution in [0.1, 0.15) is 27.2 Å². The Balaban J connectivity index is 3.16. The van der Waals surface area contributed by atoms with Gasteiger partial charge in [0, 0.05) is 24.1 Å². The summed E-state index contributed by atoms with van der Waals surface area (Å²) in [6, 6.07) is 0.657. The van der Waals surface area contributed by atoms with Crippen LogP contribution in [-0.2, 0) is 0 Å². The molecular weight excluding hydrogens is 178 g/mol. The SMILES string of the molecule is C=CCSCCNC(C)CC(C)C. The van der Waals surface area contributed by atoms with E-state index < -0.39 is 0 Å². The molecule has 0 aliphatic carbocycles. The molecule has 0 amide bonds. The topological polar surface area (TPSA) is 12.0 Å². The first-order chi connectivity index (χ1) is 6.16. The average molecular weight is 201 g/mol. The van der Waals surface area contributed by atoms with Crippen LogP contribution < -0.4 is 5.32 Å². The van der Waals surface area contributed by atoms with E-state index in [0.717, 1.165) is 18.2 Å². The Hall–Kier alpha value is 0.0500. The molecule has 78 valence electrons. The van der Waals surface area contributed by atoms with E-state index in [1.54, 1.807) is 0 Å². The molecule has 2 heteroatoms. The lowest BCUT2D eigenvalue weighted by atomic mass is 10.1. The molecule has 0 spiro atoms. The van der Waals surface area contributed by atoms with E-state index in [2.05, 4.69) is 32.7 Å². The second-order valence-electron chi connectivity index (χ2n) is 3.85. The number of rotatable bonds is 8. The monoisotopic (exact) mass is 201 g/mol. The Bertz CT molecular complexity index is 123. The highest BCUT2D eigenvalue weighted by Crippen LogP contribution is 2.04. The summed E-state index contributed by atoms with van der Waals surface area (Å²) in [4.78, 5) is 0. The quantitative estimate of drug-likeness (QED) is 0.479. The third-order valence-electron chi connectivity index (χ3n) is 1.80. The van der Waals surface area contributed by atoms with Crippen molar-refractivity contribution in [2.45, 2.75) is 33.2 Å². The van der Waals surface area contributed by atoms with Gasteiger partial charge in [0.1, 0.15) is 0 Å². The van der Waals surface area contributed by atoms with Crippen LogP contribution >= 0.6 is 11.8 Å². The van der Waals surface area contributed by atoms with Crippen molar-refractivity contribution in [1.29, 1.82) is 0 Å². The van der Waals surface area contributed by atoms with Crippen molar-refractivity contribution in [1.82, 2.24) is 5.32 Å². The summed E-state index contributed by atoms with van der Waals surface area (Å²) in [6.07, 6.45) is 3.23. The van der Waals surface area contributed by atoms with Crippen molar-refractivity contribution in [3.8, 4) is 0 Å². The molecule has 0 aromatic rings. The number of nitrogens with one attached hydrogen (secondary N) is 1. The molecular formula is C11H23NS. The minimum Gasteiger partial charge on any atom is -0.313 e. The smallest absolute Gasteiger partial charge is 0.0111 e. The van der Waals surface area contributed by atoms with Crippen LogP contribution in [0.4, 0.5) is 0 Å². The van der Waals surface area contributed by atoms with E-state index in [4.69, 9.17) is 0 Å². The van der Waals surface area contributed by atoms with Gasteiger partial charge in [-0.15, -0.1) is 6.58 Å². The number of hydrogen-bond acceptors (Lipinski definition) is 2. The summed E-state index contributed by atoms with van der Waals surface area (Å²) in [5.41, 5.74) is 0. The molecule has 13 heavy (non-hydrogen) atoms. The maximum absolute atomic E-state index is 3.69. The summed E-state index contributed by atoms with van der Waals surface area (Å²) in [5.74, 6) is 3.05. The fourth-order valence-electron chi connectivity index (χ4n) is 1.33. The lowest BCUT2D eigenvalue weighted by Crippen LogP contribution is -2.29. The van der Waals surface area contributed by atoms with Crippen molar-refractivity contribution < 1.29 is 0 Å². The molecule has 0 bridgehead atoms. The molecule has 0 heterocycles. The van der Waals surface area contributed by atoms with Crippen molar-refractivity contribution >= 4 is 11.8 Å². The van der Waals surface area contributed by atoms with E-state index in [1.165, 1.54) is 12.2 Å². The Morgan fingerprint density at radius 2 is 2.08 bits per heavy atom. The molecule has 1 N–H and O–H groups in total. The molecule has 0 saturated carbocycles. The Labute approximate surface area is 87.4 Å². The molecule has 1 nitrogen and oxygen atoms in total. The minimum absolute atomic E-state index is 0.657. The number of thioether (sulfide) groups is 1. The molecule has 0 saturated heterocycles. The van der Waals surface area contributed by atoms with Crippen LogP contribution in [0.15, 0.2) is 12.7 Å². The summed E-state index contributed by atoms with van der Waals surface area (Å²) in [7, 11) is 0. The molecule has 1 atom stereocenters. The van der Waals surface area contributed by atoms with Gasteiger partial charge in [0.05, 0.1) is 0 Å². The van der Waals surface area contributed by atoms with Gasteiger partial charge < -0.3 is 5.32 Å². The van der Waals surface area contributed by atoms with Crippen LogP contribution in [0, 0.1) is 5.92 Å². The Kier molecular flexibility index (Phi) is 8.67. The maximum Gasteiger partial charge on any atom is 0.0111 e. The highest BCUT2D eigenvalue weighted by atomic mass is 32.2. The Morgan fingerprint density at radius 3 is 2.62 bits per heavy atom. The fraction of sp³-hybridized carbons (Fsp3) is 0.818. The van der Waals surface area contributed by atoms with E-state index >= 15 is 0 Å². The highest BCUT2D eigenvalue weighted by Gasteiger charge is 2.02. The predicted octanol–water partition coefficient (Wildman–Crippen LogP) is 2.93. The first kappa shape index (κ1) is 13.1. The summed E-state index contributed by atoms with van der Waals surface area (Å²) in [6.45, 7) is 11.6. The highest BCUT2D eigenvalue weighted by molar-refractivity contribution is 7.99. The van der Waals surface area contributed by atoms with Crippen LogP contribution in [0.25, 0.3) is 0 Å². The first-order valence-electron chi connectivity index (χ1n) is 5.08. The van der Waals surface area contributed by atoms with E-state index in [-0.39, 0.29) is 0 Å². The van der Waals surface area contributed by atoms with Gasteiger partial charge in [-0.2, -0.15) is 11.8 Å². The van der Waals surface area contributed by atoms with Gasteiger partial charge in [-0.25, -0.2) is 0 Å². The van der Waals surface area contributed by atoms with Gasteiger partial charge in [-0.05, 0) is 19.3 Å². The minimum atomic E-state index is 0.657. The van der Waals surface area contributed by atoms with Crippen LogP contribution in [0.5, 0.6) is 0 Å². The molecule has 0 aromatic heterocycles. The normalized spacial score (nSPS) is 13.2. The van der Waals surface area contributed by atoms with Crippen LogP contribution in [0.3, 0.4) is 0 Å². The van der Waals surface area contributed by atoms with Gasteiger partial charge in [-0.1, -0.05) is 19.9 Å². The van der Waals surface area contributed by atoms with Crippen molar-refractivity contribution in [2.75, 3.05) is 18.1 Å². The molecule has 0 aliphatic rings. The van der Waals surface area contributed by atoms with Crippen molar-refractivity contribution in [3.63, 3.8) is 0 Å². The largest absolute Gasteiger partial charge is 0.313 e. The van der Waals surface area contributed by atoms with Crippen LogP contribution in [0.2, 0.25) is 0 Å². The lowest BCUT2D eigenvalue weighted by molar-refractivity contribution is 0.452. The third-order valence-corrected chi connectivity index (χ3v) is 2.76. The van der Waals surface area contributed by atoms with E-state index in [0.29, 0.717) is 6.04 Å². The fourth-order valence-corrected chi connectivity index (χ4v) is 1.93. The zero-order valence-electron chi connectivity index (χ0n) is 9.18. The van der Waals surface area contributed by atoms with Crippen molar-refractivity contribution in [2.24, 2.45) is 5.92 Å². The standard InChI is InChI=1S/C11H23NS/c1-5-7-13-8-6-12-11(4)9-10(2)3/h5,10-12H,1,6-9H2,2-4H3. The average Bonchev–Trinajstić information content (AvgIpc) is 2.02. The Morgan fingerprint density at radius 1 is 1.38 bits per heavy atom. The second-order valence-corrected chi connectivity index (χ2v) is 5.00. The summed E-state index contributed by atoms with van der Waals surface area (Å²) < 4.78 is 0. The van der Waals surface area contributed by atoms with E-state index in [1.807, 2.05) is 17.8 Å². The molecule has 0 aliphatic heterocycles.